The fraction of sp³-hybridized carbons (Fsp3) is 0.857. The molecule has 2 aliphatic rings. The quantitative estimate of drug-likeness (QED) is 0.462. The van der Waals surface area contributed by atoms with E-state index in [9.17, 15) is 4.79 Å². The highest BCUT2D eigenvalue weighted by molar-refractivity contribution is 5.82. The van der Waals surface area contributed by atoms with Crippen LogP contribution in [0.4, 0.5) is 0 Å². The van der Waals surface area contributed by atoms with E-state index in [0.29, 0.717) is 11.2 Å². The molecule has 0 aromatic carbocycles. The van der Waals surface area contributed by atoms with Gasteiger partial charge in [0.1, 0.15) is 5.78 Å². The van der Waals surface area contributed by atoms with E-state index in [1.54, 1.807) is 0 Å². The number of Topliss-reactive ketones (excluding diaryl/α,β-unsaturated/α-hetero) is 1. The molecule has 0 amide bonds. The van der Waals surface area contributed by atoms with Gasteiger partial charge in [0.25, 0.3) is 0 Å². The van der Waals surface area contributed by atoms with Crippen LogP contribution in [0.3, 0.4) is 0 Å². The van der Waals surface area contributed by atoms with E-state index in [2.05, 4.69) is 0 Å². The van der Waals surface area contributed by atoms with Crippen molar-refractivity contribution >= 4 is 5.78 Å². The first-order valence-electron chi connectivity index (χ1n) is 3.33. The zero-order valence-corrected chi connectivity index (χ0v) is 4.94. The normalized spacial score (nSPS) is 31.8. The second kappa shape index (κ2) is 1.15. The Bertz CT molecular complexity index is 133. The van der Waals surface area contributed by atoms with Crippen molar-refractivity contribution < 1.29 is 4.79 Å². The molecule has 8 heavy (non-hydrogen) atoms. The summed E-state index contributed by atoms with van der Waals surface area (Å²) >= 11 is 0. The van der Waals surface area contributed by atoms with Crippen molar-refractivity contribution in [2.24, 2.45) is 5.41 Å². The first-order chi connectivity index (χ1) is 3.81. The molecule has 1 heteroatoms. The van der Waals surface area contributed by atoms with E-state index in [1.807, 2.05) is 0 Å². The lowest BCUT2D eigenvalue weighted by Gasteiger charge is -1.96. The molecule has 0 aromatic heterocycles. The Kier molecular flexibility index (Phi) is 0.651. The molecule has 1 spiro atoms. The minimum atomic E-state index is 0.502. The van der Waals surface area contributed by atoms with Gasteiger partial charge in [-0.15, -0.1) is 0 Å². The molecule has 0 aliphatic heterocycles. The predicted molar refractivity (Wildman–Crippen MR) is 30.5 cm³/mol. The van der Waals surface area contributed by atoms with E-state index in [0.717, 1.165) is 12.8 Å². The van der Waals surface area contributed by atoms with Crippen molar-refractivity contribution in [3.63, 3.8) is 0 Å². The average molecular weight is 110 g/mol. The van der Waals surface area contributed by atoms with Crippen molar-refractivity contribution in [2.75, 3.05) is 0 Å². The van der Waals surface area contributed by atoms with Gasteiger partial charge in [-0.3, -0.25) is 4.79 Å². The molecular weight excluding hydrogens is 100 g/mol. The number of rotatable bonds is 0. The lowest BCUT2D eigenvalue weighted by Crippen LogP contribution is -1.91. The van der Waals surface area contributed by atoms with Gasteiger partial charge in [-0.05, 0) is 24.7 Å². The summed E-state index contributed by atoms with van der Waals surface area (Å²) in [4.78, 5) is 10.7. The molecule has 1 nitrogen and oxygen atoms in total. The van der Waals surface area contributed by atoms with Crippen molar-refractivity contribution in [3.05, 3.63) is 0 Å². The van der Waals surface area contributed by atoms with Crippen LogP contribution in [-0.2, 0) is 4.79 Å². The second-order valence-electron chi connectivity index (χ2n) is 3.22. The molecule has 0 N–H and O–H groups in total. The minimum absolute atomic E-state index is 0.502. The van der Waals surface area contributed by atoms with Gasteiger partial charge in [0.15, 0.2) is 0 Å². The maximum Gasteiger partial charge on any atom is 0.133 e. The molecule has 0 radical (unpaired) electrons. The minimum Gasteiger partial charge on any atom is -0.300 e. The van der Waals surface area contributed by atoms with Crippen LogP contribution >= 0.6 is 0 Å². The SMILES string of the molecule is O=C1CCC2(CC2)C1. The summed E-state index contributed by atoms with van der Waals surface area (Å²) in [5.41, 5.74) is 0.567. The number of carbonyl (C=O) groups excluding carboxylic acids is 1. The zero-order valence-electron chi connectivity index (χ0n) is 4.94. The van der Waals surface area contributed by atoms with Crippen LogP contribution in [0.25, 0.3) is 0 Å². The van der Waals surface area contributed by atoms with E-state index in [1.165, 1.54) is 19.3 Å². The van der Waals surface area contributed by atoms with Crippen LogP contribution in [0.5, 0.6) is 0 Å². The maximum atomic E-state index is 10.7. The molecular formula is C7H10O. The molecule has 2 fully saturated rings. The lowest BCUT2D eigenvalue weighted by molar-refractivity contribution is -0.117. The van der Waals surface area contributed by atoms with Gasteiger partial charge in [-0.2, -0.15) is 0 Å². The summed E-state index contributed by atoms with van der Waals surface area (Å²) in [6.07, 6.45) is 5.65. The average Bonchev–Trinajstić information content (AvgIpc) is 2.34. The Balaban J connectivity index is 2.13. The second-order valence-corrected chi connectivity index (χ2v) is 3.22. The van der Waals surface area contributed by atoms with Gasteiger partial charge >= 0.3 is 0 Å². The van der Waals surface area contributed by atoms with Crippen molar-refractivity contribution in [1.29, 1.82) is 0 Å². The van der Waals surface area contributed by atoms with Gasteiger partial charge in [0.2, 0.25) is 0 Å². The van der Waals surface area contributed by atoms with Crippen LogP contribution in [0.1, 0.15) is 32.1 Å². The monoisotopic (exact) mass is 110 g/mol. The molecule has 0 saturated heterocycles. The molecule has 0 aromatic rings. The molecule has 2 aliphatic carbocycles. The highest BCUT2D eigenvalue weighted by Gasteiger charge is 2.47. The summed E-state index contributed by atoms with van der Waals surface area (Å²) in [5.74, 6) is 0.502. The standard InChI is InChI=1S/C7H10O/c8-6-1-2-7(5-6)3-4-7/h1-5H2. The van der Waals surface area contributed by atoms with Crippen LogP contribution in [-0.4, -0.2) is 5.78 Å². The van der Waals surface area contributed by atoms with Gasteiger partial charge in [-0.1, -0.05) is 0 Å². The van der Waals surface area contributed by atoms with Crippen LogP contribution < -0.4 is 0 Å². The summed E-state index contributed by atoms with van der Waals surface area (Å²) in [6, 6.07) is 0. The zero-order chi connectivity index (χ0) is 5.61. The van der Waals surface area contributed by atoms with Crippen molar-refractivity contribution in [1.82, 2.24) is 0 Å². The fourth-order valence-electron chi connectivity index (χ4n) is 1.60. The van der Waals surface area contributed by atoms with Gasteiger partial charge < -0.3 is 0 Å². The Hall–Kier alpha value is -0.330. The highest BCUT2D eigenvalue weighted by Crippen LogP contribution is 2.56. The fourth-order valence-corrected chi connectivity index (χ4v) is 1.60. The van der Waals surface area contributed by atoms with Crippen LogP contribution in [0.2, 0.25) is 0 Å². The molecule has 0 heterocycles. The number of hydrogen-bond acceptors (Lipinski definition) is 1. The Morgan fingerprint density at radius 3 is 2.25 bits per heavy atom. The molecule has 0 unspecified atom stereocenters. The maximum absolute atomic E-state index is 10.7. The highest BCUT2D eigenvalue weighted by atomic mass is 16.1. The largest absolute Gasteiger partial charge is 0.300 e. The summed E-state index contributed by atoms with van der Waals surface area (Å²) < 4.78 is 0. The van der Waals surface area contributed by atoms with E-state index in [-0.39, 0.29) is 0 Å². The first-order valence-corrected chi connectivity index (χ1v) is 3.33. The summed E-state index contributed by atoms with van der Waals surface area (Å²) in [6.45, 7) is 0. The summed E-state index contributed by atoms with van der Waals surface area (Å²) in [5, 5.41) is 0. The van der Waals surface area contributed by atoms with Crippen LogP contribution in [0, 0.1) is 5.41 Å². The number of carbonyl (C=O) groups is 1. The van der Waals surface area contributed by atoms with Crippen molar-refractivity contribution in [2.45, 2.75) is 32.1 Å². The lowest BCUT2D eigenvalue weighted by atomic mass is 10.1. The third-order valence-corrected chi connectivity index (χ3v) is 2.46. The predicted octanol–water partition coefficient (Wildman–Crippen LogP) is 1.52. The molecule has 2 rings (SSSR count). The van der Waals surface area contributed by atoms with Crippen molar-refractivity contribution in [3.8, 4) is 0 Å². The number of hydrogen-bond donors (Lipinski definition) is 0. The van der Waals surface area contributed by atoms with E-state index >= 15 is 0 Å². The Labute approximate surface area is 49.1 Å². The van der Waals surface area contributed by atoms with Gasteiger partial charge in [0.05, 0.1) is 0 Å². The number of ketones is 1. The van der Waals surface area contributed by atoms with Crippen LogP contribution in [0.15, 0.2) is 0 Å². The topological polar surface area (TPSA) is 17.1 Å². The Morgan fingerprint density at radius 2 is 2.00 bits per heavy atom. The summed E-state index contributed by atoms with van der Waals surface area (Å²) in [7, 11) is 0. The molecule has 44 valence electrons. The smallest absolute Gasteiger partial charge is 0.133 e. The van der Waals surface area contributed by atoms with Gasteiger partial charge in [-0.25, -0.2) is 0 Å². The molecule has 0 bridgehead atoms. The molecule has 2 saturated carbocycles. The molecule has 0 atom stereocenters. The third kappa shape index (κ3) is 0.504. The Morgan fingerprint density at radius 1 is 1.25 bits per heavy atom. The van der Waals surface area contributed by atoms with E-state index in [4.69, 9.17) is 0 Å². The third-order valence-electron chi connectivity index (χ3n) is 2.46. The van der Waals surface area contributed by atoms with Gasteiger partial charge in [0, 0.05) is 12.8 Å². The van der Waals surface area contributed by atoms with E-state index < -0.39 is 0 Å². The first kappa shape index (κ1) is 4.54.